The molecule has 0 atom stereocenters. The third-order valence-corrected chi connectivity index (χ3v) is 4.60. The number of amides is 1. The van der Waals surface area contributed by atoms with E-state index in [1.807, 2.05) is 6.20 Å². The molecule has 0 aliphatic carbocycles. The smallest absolute Gasteiger partial charge is 0.255 e. The van der Waals surface area contributed by atoms with Crippen molar-refractivity contribution in [3.63, 3.8) is 0 Å². The van der Waals surface area contributed by atoms with Gasteiger partial charge >= 0.3 is 0 Å². The van der Waals surface area contributed by atoms with E-state index < -0.39 is 0 Å². The minimum atomic E-state index is -0.171. The number of aromatic amines is 1. The number of hydrogen-bond donors (Lipinski definition) is 2. The van der Waals surface area contributed by atoms with Gasteiger partial charge < -0.3 is 19.8 Å². The molecule has 3 aromatic rings. The topological polar surface area (TPSA) is 63.4 Å². The standard InChI is InChI=1S/C21H24N2O3/c1-4-14-7-5-8-16-15(13-23-19(14)16)11-12-22-21(24)17-9-6-10-18(25-2)20(17)26-3/h5-10,13,23H,4,11-12H2,1-3H3,(H,22,24). The van der Waals surface area contributed by atoms with E-state index in [0.29, 0.717) is 23.6 Å². The molecule has 136 valence electrons. The van der Waals surface area contributed by atoms with Crippen LogP contribution in [0.2, 0.25) is 0 Å². The van der Waals surface area contributed by atoms with Crippen LogP contribution in [0, 0.1) is 0 Å². The average molecular weight is 352 g/mol. The van der Waals surface area contributed by atoms with Crippen LogP contribution in [-0.4, -0.2) is 31.7 Å². The van der Waals surface area contributed by atoms with E-state index in [1.165, 1.54) is 29.1 Å². The van der Waals surface area contributed by atoms with Gasteiger partial charge in [-0.2, -0.15) is 0 Å². The third kappa shape index (κ3) is 3.38. The predicted molar refractivity (Wildman–Crippen MR) is 103 cm³/mol. The summed E-state index contributed by atoms with van der Waals surface area (Å²) in [7, 11) is 3.09. The van der Waals surface area contributed by atoms with Gasteiger partial charge in [0.25, 0.3) is 5.91 Å². The van der Waals surface area contributed by atoms with Crippen LogP contribution in [0.1, 0.15) is 28.4 Å². The van der Waals surface area contributed by atoms with Crippen LogP contribution in [0.3, 0.4) is 0 Å². The third-order valence-electron chi connectivity index (χ3n) is 4.60. The lowest BCUT2D eigenvalue weighted by atomic mass is 10.1. The van der Waals surface area contributed by atoms with Crippen molar-refractivity contribution < 1.29 is 14.3 Å². The van der Waals surface area contributed by atoms with E-state index in [9.17, 15) is 4.79 Å². The van der Waals surface area contributed by atoms with Crippen molar-refractivity contribution >= 4 is 16.8 Å². The Morgan fingerprint density at radius 1 is 1.08 bits per heavy atom. The molecule has 0 saturated carbocycles. The maximum Gasteiger partial charge on any atom is 0.255 e. The minimum absolute atomic E-state index is 0.171. The molecule has 0 radical (unpaired) electrons. The monoisotopic (exact) mass is 352 g/mol. The maximum atomic E-state index is 12.5. The Morgan fingerprint density at radius 2 is 1.88 bits per heavy atom. The number of ether oxygens (including phenoxy) is 2. The van der Waals surface area contributed by atoms with Gasteiger partial charge in [-0.05, 0) is 36.1 Å². The first-order chi connectivity index (χ1) is 12.7. The Labute approximate surface area is 153 Å². The normalized spacial score (nSPS) is 10.7. The first kappa shape index (κ1) is 17.9. The van der Waals surface area contributed by atoms with E-state index in [2.05, 4.69) is 35.4 Å². The highest BCUT2D eigenvalue weighted by molar-refractivity contribution is 5.97. The Bertz CT molecular complexity index is 915. The first-order valence-electron chi connectivity index (χ1n) is 8.76. The second-order valence-corrected chi connectivity index (χ2v) is 6.05. The molecule has 2 aromatic carbocycles. The first-order valence-corrected chi connectivity index (χ1v) is 8.76. The van der Waals surface area contributed by atoms with Gasteiger partial charge in [0, 0.05) is 23.6 Å². The second-order valence-electron chi connectivity index (χ2n) is 6.05. The van der Waals surface area contributed by atoms with Crippen molar-refractivity contribution in [2.75, 3.05) is 20.8 Å². The number of hydrogen-bond acceptors (Lipinski definition) is 3. The van der Waals surface area contributed by atoms with Gasteiger partial charge in [-0.1, -0.05) is 31.2 Å². The van der Waals surface area contributed by atoms with Crippen molar-refractivity contribution in [1.82, 2.24) is 10.3 Å². The van der Waals surface area contributed by atoms with Gasteiger partial charge in [0.15, 0.2) is 11.5 Å². The van der Waals surface area contributed by atoms with E-state index in [0.717, 1.165) is 12.8 Å². The van der Waals surface area contributed by atoms with Crippen molar-refractivity contribution in [1.29, 1.82) is 0 Å². The van der Waals surface area contributed by atoms with E-state index >= 15 is 0 Å². The van der Waals surface area contributed by atoms with Crippen LogP contribution in [0.4, 0.5) is 0 Å². The minimum Gasteiger partial charge on any atom is -0.493 e. The molecule has 1 amide bonds. The van der Waals surface area contributed by atoms with Crippen LogP contribution in [0.5, 0.6) is 11.5 Å². The van der Waals surface area contributed by atoms with Crippen LogP contribution in [-0.2, 0) is 12.8 Å². The summed E-state index contributed by atoms with van der Waals surface area (Å²) in [5.41, 5.74) is 4.16. The van der Waals surface area contributed by atoms with Crippen LogP contribution >= 0.6 is 0 Å². The molecule has 1 heterocycles. The molecular formula is C21H24N2O3. The number of aryl methyl sites for hydroxylation is 1. The van der Waals surface area contributed by atoms with Gasteiger partial charge in [0.2, 0.25) is 0 Å². The molecule has 0 unspecified atom stereocenters. The fourth-order valence-corrected chi connectivity index (χ4v) is 3.25. The molecule has 0 spiro atoms. The number of para-hydroxylation sites is 2. The van der Waals surface area contributed by atoms with E-state index in [4.69, 9.17) is 9.47 Å². The van der Waals surface area contributed by atoms with Crippen molar-refractivity contribution in [3.05, 3.63) is 59.3 Å². The zero-order chi connectivity index (χ0) is 18.5. The highest BCUT2D eigenvalue weighted by Crippen LogP contribution is 2.30. The van der Waals surface area contributed by atoms with Crippen LogP contribution in [0.15, 0.2) is 42.6 Å². The van der Waals surface area contributed by atoms with Gasteiger partial charge in [0.1, 0.15) is 0 Å². The second kappa shape index (κ2) is 7.95. The SMILES string of the molecule is CCc1cccc2c(CCNC(=O)c3cccc(OC)c3OC)c[nH]c12. The van der Waals surface area contributed by atoms with Crippen molar-refractivity contribution in [3.8, 4) is 11.5 Å². The number of aromatic nitrogens is 1. The average Bonchev–Trinajstić information content (AvgIpc) is 3.10. The van der Waals surface area contributed by atoms with Gasteiger partial charge in [-0.25, -0.2) is 0 Å². The lowest BCUT2D eigenvalue weighted by Crippen LogP contribution is -2.26. The van der Waals surface area contributed by atoms with E-state index in [1.54, 1.807) is 25.3 Å². The van der Waals surface area contributed by atoms with Crippen LogP contribution < -0.4 is 14.8 Å². The lowest BCUT2D eigenvalue weighted by molar-refractivity contribution is 0.0950. The van der Waals surface area contributed by atoms with Crippen molar-refractivity contribution in [2.45, 2.75) is 19.8 Å². The summed E-state index contributed by atoms with van der Waals surface area (Å²) in [5.74, 6) is 0.825. The fourth-order valence-electron chi connectivity index (χ4n) is 3.25. The summed E-state index contributed by atoms with van der Waals surface area (Å²) in [6.07, 6.45) is 3.77. The Balaban J connectivity index is 1.70. The van der Waals surface area contributed by atoms with Gasteiger partial charge in [0.05, 0.1) is 19.8 Å². The summed E-state index contributed by atoms with van der Waals surface area (Å²) >= 11 is 0. The molecular weight excluding hydrogens is 328 g/mol. The summed E-state index contributed by atoms with van der Waals surface area (Å²) < 4.78 is 10.6. The molecule has 0 aliphatic heterocycles. The molecule has 0 bridgehead atoms. The molecule has 0 aliphatic rings. The number of H-pyrrole nitrogens is 1. The summed E-state index contributed by atoms with van der Waals surface area (Å²) in [6, 6.07) is 11.6. The number of rotatable bonds is 7. The Hall–Kier alpha value is -2.95. The van der Waals surface area contributed by atoms with Gasteiger partial charge in [-0.15, -0.1) is 0 Å². The van der Waals surface area contributed by atoms with Gasteiger partial charge in [-0.3, -0.25) is 4.79 Å². The van der Waals surface area contributed by atoms with Crippen LogP contribution in [0.25, 0.3) is 10.9 Å². The lowest BCUT2D eigenvalue weighted by Gasteiger charge is -2.12. The molecule has 5 nitrogen and oxygen atoms in total. The summed E-state index contributed by atoms with van der Waals surface area (Å²) in [5, 5.41) is 4.19. The zero-order valence-electron chi connectivity index (χ0n) is 15.4. The fraction of sp³-hybridized carbons (Fsp3) is 0.286. The molecule has 0 fully saturated rings. The number of methoxy groups -OCH3 is 2. The highest BCUT2D eigenvalue weighted by atomic mass is 16.5. The predicted octanol–water partition coefficient (Wildman–Crippen LogP) is 3.72. The Morgan fingerprint density at radius 3 is 2.62 bits per heavy atom. The largest absolute Gasteiger partial charge is 0.493 e. The maximum absolute atomic E-state index is 12.5. The zero-order valence-corrected chi connectivity index (χ0v) is 15.4. The number of benzene rings is 2. The van der Waals surface area contributed by atoms with Crippen molar-refractivity contribution in [2.24, 2.45) is 0 Å². The molecule has 1 aromatic heterocycles. The molecule has 3 rings (SSSR count). The number of nitrogens with one attached hydrogen (secondary N) is 2. The number of carbonyl (C=O) groups excluding carboxylic acids is 1. The summed E-state index contributed by atoms with van der Waals surface area (Å²) in [6.45, 7) is 2.69. The summed E-state index contributed by atoms with van der Waals surface area (Å²) in [4.78, 5) is 15.9. The molecule has 5 heteroatoms. The number of fused-ring (bicyclic) bond motifs is 1. The molecule has 26 heavy (non-hydrogen) atoms. The van der Waals surface area contributed by atoms with E-state index in [-0.39, 0.29) is 5.91 Å². The molecule has 0 saturated heterocycles. The quantitative estimate of drug-likeness (QED) is 0.681. The highest BCUT2D eigenvalue weighted by Gasteiger charge is 2.16. The molecule has 2 N–H and O–H groups in total. The number of carbonyl (C=O) groups is 1. The Kier molecular flexibility index (Phi) is 5.46.